The quantitative estimate of drug-likeness (QED) is 0.526. The van der Waals surface area contributed by atoms with Crippen LogP contribution in [0, 0.1) is 6.92 Å². The van der Waals surface area contributed by atoms with Gasteiger partial charge >= 0.3 is 0 Å². The number of amides is 3. The second kappa shape index (κ2) is 7.40. The third kappa shape index (κ3) is 3.18. The van der Waals surface area contributed by atoms with Gasteiger partial charge in [0.15, 0.2) is 5.78 Å². The Morgan fingerprint density at radius 3 is 2.23 bits per heavy atom. The van der Waals surface area contributed by atoms with Crippen LogP contribution in [0.1, 0.15) is 53.9 Å². The number of hydrogen-bond donors (Lipinski definition) is 1. The lowest BCUT2D eigenvalue weighted by atomic mass is 10.0. The smallest absolute Gasteiger partial charge is 0.266 e. The summed E-state index contributed by atoms with van der Waals surface area (Å²) < 4.78 is 0. The highest BCUT2D eigenvalue weighted by Gasteiger charge is 2.37. The molecule has 1 aliphatic rings. The van der Waals surface area contributed by atoms with Gasteiger partial charge in [-0.1, -0.05) is 30.3 Å². The molecule has 30 heavy (non-hydrogen) atoms. The molecule has 1 aliphatic heterocycles. The Bertz CT molecular complexity index is 1230. The molecule has 0 bridgehead atoms. The van der Waals surface area contributed by atoms with E-state index < -0.39 is 17.7 Å². The summed E-state index contributed by atoms with van der Waals surface area (Å²) in [7, 11) is 0. The Hall–Kier alpha value is -4.06. The molecule has 0 saturated heterocycles. The topological polar surface area (TPSA) is 83.6 Å². The second-order valence-electron chi connectivity index (χ2n) is 7.05. The highest BCUT2D eigenvalue weighted by Crippen LogP contribution is 2.31. The summed E-state index contributed by atoms with van der Waals surface area (Å²) in [6.07, 6.45) is 0. The molecule has 3 amide bonds. The fourth-order valence-corrected chi connectivity index (χ4v) is 3.51. The molecule has 0 saturated carbocycles. The summed E-state index contributed by atoms with van der Waals surface area (Å²) in [5.41, 5.74) is 2.75. The number of imide groups is 1. The minimum Gasteiger partial charge on any atom is -0.321 e. The van der Waals surface area contributed by atoms with E-state index in [1.165, 1.54) is 25.1 Å². The predicted molar refractivity (Wildman–Crippen MR) is 113 cm³/mol. The standard InChI is InChI=1S/C24H18N2O4/c1-14-7-3-6-10-21(14)26-23(29)18-12-11-16(13-19(18)24(26)30)22(28)25-20-9-5-4-8-17(20)15(2)27/h3-13H,1-2H3,(H,25,28). The lowest BCUT2D eigenvalue weighted by molar-refractivity contribution is 0.0923. The predicted octanol–water partition coefficient (Wildman–Crippen LogP) is 4.25. The van der Waals surface area contributed by atoms with E-state index in [9.17, 15) is 19.2 Å². The first kappa shape index (κ1) is 19.3. The Kier molecular flexibility index (Phi) is 4.75. The van der Waals surface area contributed by atoms with Crippen molar-refractivity contribution in [1.29, 1.82) is 0 Å². The molecule has 0 aromatic heterocycles. The van der Waals surface area contributed by atoms with Crippen molar-refractivity contribution in [3.8, 4) is 0 Å². The van der Waals surface area contributed by atoms with Gasteiger partial charge in [-0.15, -0.1) is 0 Å². The van der Waals surface area contributed by atoms with Gasteiger partial charge < -0.3 is 5.32 Å². The number of anilines is 2. The second-order valence-corrected chi connectivity index (χ2v) is 7.05. The molecule has 6 nitrogen and oxygen atoms in total. The molecule has 0 fully saturated rings. The van der Waals surface area contributed by atoms with E-state index >= 15 is 0 Å². The molecular formula is C24H18N2O4. The minimum absolute atomic E-state index is 0.172. The number of hydrogen-bond acceptors (Lipinski definition) is 4. The maximum Gasteiger partial charge on any atom is 0.266 e. The van der Waals surface area contributed by atoms with Crippen LogP contribution in [0.2, 0.25) is 0 Å². The van der Waals surface area contributed by atoms with Crippen molar-refractivity contribution in [1.82, 2.24) is 0 Å². The summed E-state index contributed by atoms with van der Waals surface area (Å²) in [6, 6.07) is 18.2. The maximum atomic E-state index is 13.0. The van der Waals surface area contributed by atoms with E-state index in [0.717, 1.165) is 10.5 Å². The van der Waals surface area contributed by atoms with Crippen LogP contribution in [0.3, 0.4) is 0 Å². The molecule has 0 atom stereocenters. The van der Waals surface area contributed by atoms with E-state index in [-0.39, 0.29) is 22.5 Å². The van der Waals surface area contributed by atoms with Crippen LogP contribution in [-0.4, -0.2) is 23.5 Å². The number of nitrogens with zero attached hydrogens (tertiary/aromatic N) is 1. The molecule has 0 spiro atoms. The van der Waals surface area contributed by atoms with Gasteiger partial charge in [0.25, 0.3) is 17.7 Å². The van der Waals surface area contributed by atoms with Crippen molar-refractivity contribution >= 4 is 34.9 Å². The monoisotopic (exact) mass is 398 g/mol. The zero-order valence-electron chi connectivity index (χ0n) is 16.4. The van der Waals surface area contributed by atoms with Crippen molar-refractivity contribution in [2.45, 2.75) is 13.8 Å². The summed E-state index contributed by atoms with van der Waals surface area (Å²) in [4.78, 5) is 51.4. The van der Waals surface area contributed by atoms with E-state index in [0.29, 0.717) is 16.9 Å². The molecule has 0 aliphatic carbocycles. The summed E-state index contributed by atoms with van der Waals surface area (Å²) in [6.45, 7) is 3.25. The number of benzene rings is 3. The number of fused-ring (bicyclic) bond motifs is 1. The number of para-hydroxylation sites is 2. The average molecular weight is 398 g/mol. The fourth-order valence-electron chi connectivity index (χ4n) is 3.51. The van der Waals surface area contributed by atoms with Gasteiger partial charge in [-0.05, 0) is 55.8 Å². The van der Waals surface area contributed by atoms with Crippen molar-refractivity contribution in [3.05, 3.63) is 94.5 Å². The van der Waals surface area contributed by atoms with Crippen LogP contribution in [0.5, 0.6) is 0 Å². The number of Topliss-reactive ketones (excluding diaryl/α,β-unsaturated/α-hetero) is 1. The van der Waals surface area contributed by atoms with Gasteiger partial charge in [0, 0.05) is 11.1 Å². The number of carbonyl (C=O) groups excluding carboxylic acids is 4. The van der Waals surface area contributed by atoms with Crippen LogP contribution >= 0.6 is 0 Å². The highest BCUT2D eigenvalue weighted by atomic mass is 16.2. The van der Waals surface area contributed by atoms with Gasteiger partial charge in [0.1, 0.15) is 0 Å². The molecule has 3 aromatic rings. The van der Waals surface area contributed by atoms with Gasteiger partial charge in [0.05, 0.1) is 22.5 Å². The van der Waals surface area contributed by atoms with E-state index in [1.54, 1.807) is 36.4 Å². The number of nitrogens with one attached hydrogen (secondary N) is 1. The summed E-state index contributed by atoms with van der Waals surface area (Å²) in [5, 5.41) is 2.71. The van der Waals surface area contributed by atoms with Crippen LogP contribution in [0.4, 0.5) is 11.4 Å². The number of ketones is 1. The van der Waals surface area contributed by atoms with Crippen LogP contribution in [0.25, 0.3) is 0 Å². The van der Waals surface area contributed by atoms with Crippen LogP contribution < -0.4 is 10.2 Å². The van der Waals surface area contributed by atoms with Crippen molar-refractivity contribution < 1.29 is 19.2 Å². The Morgan fingerprint density at radius 2 is 1.50 bits per heavy atom. The molecule has 0 radical (unpaired) electrons. The zero-order chi connectivity index (χ0) is 21.4. The van der Waals surface area contributed by atoms with Crippen molar-refractivity contribution in [2.75, 3.05) is 10.2 Å². The Balaban J connectivity index is 1.66. The largest absolute Gasteiger partial charge is 0.321 e. The number of rotatable bonds is 4. The van der Waals surface area contributed by atoms with E-state index in [1.807, 2.05) is 19.1 Å². The fraction of sp³-hybridized carbons (Fsp3) is 0.0833. The first-order valence-electron chi connectivity index (χ1n) is 9.38. The van der Waals surface area contributed by atoms with Gasteiger partial charge in [-0.2, -0.15) is 0 Å². The van der Waals surface area contributed by atoms with Gasteiger partial charge in [-0.25, -0.2) is 4.90 Å². The average Bonchev–Trinajstić information content (AvgIpc) is 2.98. The maximum absolute atomic E-state index is 13.0. The molecular weight excluding hydrogens is 380 g/mol. The molecule has 3 aromatic carbocycles. The normalized spacial score (nSPS) is 12.7. The molecule has 148 valence electrons. The molecule has 1 N–H and O–H groups in total. The zero-order valence-corrected chi connectivity index (χ0v) is 16.4. The third-order valence-electron chi connectivity index (χ3n) is 5.06. The van der Waals surface area contributed by atoms with E-state index in [2.05, 4.69) is 5.32 Å². The van der Waals surface area contributed by atoms with Crippen molar-refractivity contribution in [2.24, 2.45) is 0 Å². The molecule has 1 heterocycles. The van der Waals surface area contributed by atoms with E-state index in [4.69, 9.17) is 0 Å². The van der Waals surface area contributed by atoms with Crippen LogP contribution in [0.15, 0.2) is 66.7 Å². The Morgan fingerprint density at radius 1 is 0.833 bits per heavy atom. The lowest BCUT2D eigenvalue weighted by Gasteiger charge is -2.16. The summed E-state index contributed by atoms with van der Waals surface area (Å²) in [5.74, 6) is -1.53. The molecule has 4 rings (SSSR count). The van der Waals surface area contributed by atoms with Gasteiger partial charge in [0.2, 0.25) is 0 Å². The molecule has 0 unspecified atom stereocenters. The number of carbonyl (C=O) groups is 4. The first-order valence-corrected chi connectivity index (χ1v) is 9.38. The number of aryl methyl sites for hydroxylation is 1. The van der Waals surface area contributed by atoms with Gasteiger partial charge in [-0.3, -0.25) is 19.2 Å². The third-order valence-corrected chi connectivity index (χ3v) is 5.06. The highest BCUT2D eigenvalue weighted by molar-refractivity contribution is 6.35. The van der Waals surface area contributed by atoms with Crippen molar-refractivity contribution in [3.63, 3.8) is 0 Å². The lowest BCUT2D eigenvalue weighted by Crippen LogP contribution is -2.29. The Labute approximate surface area is 173 Å². The molecule has 6 heteroatoms. The van der Waals surface area contributed by atoms with Crippen LogP contribution in [-0.2, 0) is 0 Å². The first-order chi connectivity index (χ1) is 14.4. The minimum atomic E-state index is -0.471. The SMILES string of the molecule is CC(=O)c1ccccc1NC(=O)c1ccc2c(c1)C(=O)N(c1ccccc1C)C2=O. The summed E-state index contributed by atoms with van der Waals surface area (Å²) >= 11 is 0.